The Morgan fingerprint density at radius 3 is 2.23 bits per heavy atom. The monoisotopic (exact) mass is 420 g/mol. The molecule has 4 heteroatoms. The van der Waals surface area contributed by atoms with E-state index in [1.54, 1.807) is 0 Å². The number of nitrogens with zero attached hydrogens (tertiary/aromatic N) is 2. The number of benzene rings is 2. The maximum Gasteiger partial charge on any atom is 0.127 e. The zero-order chi connectivity index (χ0) is 20.9. The molecule has 0 bridgehead atoms. The van der Waals surface area contributed by atoms with Crippen LogP contribution in [0, 0.1) is 17.8 Å². The fraction of sp³-hybridized carbons (Fsp3) is 0.556. The maximum atomic E-state index is 6.04. The lowest BCUT2D eigenvalue weighted by Gasteiger charge is -2.26. The van der Waals surface area contributed by atoms with Crippen LogP contribution in [0.15, 0.2) is 54.6 Å². The largest absolute Gasteiger partial charge is 0.457 e. The minimum atomic E-state index is 0.813. The molecule has 0 spiro atoms. The van der Waals surface area contributed by atoms with Crippen molar-refractivity contribution in [3.05, 3.63) is 60.2 Å². The Labute approximate surface area is 187 Å². The lowest BCUT2D eigenvalue weighted by Crippen LogP contribution is -2.31. The van der Waals surface area contributed by atoms with Crippen LogP contribution in [0.5, 0.6) is 11.5 Å². The van der Waals surface area contributed by atoms with Crippen LogP contribution in [0.25, 0.3) is 0 Å². The summed E-state index contributed by atoms with van der Waals surface area (Å²) in [6.45, 7) is 9.24. The molecule has 2 unspecified atom stereocenters. The van der Waals surface area contributed by atoms with Gasteiger partial charge in [0.1, 0.15) is 11.5 Å². The third-order valence-electron chi connectivity index (χ3n) is 7.28. The molecule has 1 aliphatic carbocycles. The normalized spacial score (nSPS) is 26.0. The number of ether oxygens (including phenoxy) is 2. The number of rotatable bonds is 10. The summed E-state index contributed by atoms with van der Waals surface area (Å²) in [5.74, 6) is 4.32. The van der Waals surface area contributed by atoms with Crippen LogP contribution in [0.1, 0.15) is 31.2 Å². The van der Waals surface area contributed by atoms with Gasteiger partial charge in [-0.1, -0.05) is 36.8 Å². The second-order valence-corrected chi connectivity index (χ2v) is 9.58. The van der Waals surface area contributed by atoms with Crippen LogP contribution in [-0.4, -0.2) is 55.7 Å². The molecule has 2 aromatic carbocycles. The second-order valence-electron chi connectivity index (χ2n) is 9.58. The number of likely N-dealkylation sites (tertiary alicyclic amines) is 2. The summed E-state index contributed by atoms with van der Waals surface area (Å²) >= 11 is 0. The third-order valence-corrected chi connectivity index (χ3v) is 7.28. The van der Waals surface area contributed by atoms with Gasteiger partial charge in [0, 0.05) is 32.8 Å². The number of fused-ring (bicyclic) bond motifs is 1. The van der Waals surface area contributed by atoms with Gasteiger partial charge < -0.3 is 14.4 Å². The molecule has 2 saturated heterocycles. The van der Waals surface area contributed by atoms with Gasteiger partial charge in [-0.05, 0) is 79.9 Å². The third kappa shape index (κ3) is 5.68. The average molecular weight is 421 g/mol. The molecule has 1 saturated carbocycles. The van der Waals surface area contributed by atoms with Crippen molar-refractivity contribution in [2.45, 2.75) is 32.2 Å². The molecule has 31 heavy (non-hydrogen) atoms. The van der Waals surface area contributed by atoms with Crippen LogP contribution in [0.2, 0.25) is 0 Å². The molecule has 4 nitrogen and oxygen atoms in total. The molecule has 0 radical (unpaired) electrons. The van der Waals surface area contributed by atoms with Gasteiger partial charge in [-0.2, -0.15) is 0 Å². The Morgan fingerprint density at radius 1 is 0.774 bits per heavy atom. The Hall–Kier alpha value is -1.88. The number of piperidine rings is 2. The van der Waals surface area contributed by atoms with Gasteiger partial charge in [-0.25, -0.2) is 0 Å². The molecule has 2 aromatic rings. The molecule has 3 aliphatic rings. The van der Waals surface area contributed by atoms with E-state index in [-0.39, 0.29) is 0 Å². The Balaban J connectivity index is 0.968. The summed E-state index contributed by atoms with van der Waals surface area (Å²) in [7, 11) is 0. The summed E-state index contributed by atoms with van der Waals surface area (Å²) in [6, 6.07) is 18.5. The average Bonchev–Trinajstić information content (AvgIpc) is 3.26. The van der Waals surface area contributed by atoms with Crippen molar-refractivity contribution >= 4 is 0 Å². The van der Waals surface area contributed by atoms with Gasteiger partial charge in [-0.3, -0.25) is 4.90 Å². The smallest absolute Gasteiger partial charge is 0.127 e. The SMILES string of the molecule is c1ccc(Oc2ccc(CN3CC4C(COCCCN5CCCCC5)C4C3)cc2)cc1. The lowest BCUT2D eigenvalue weighted by atomic mass is 10.1. The highest BCUT2D eigenvalue weighted by molar-refractivity contribution is 5.33. The zero-order valence-corrected chi connectivity index (χ0v) is 18.6. The molecule has 0 amide bonds. The highest BCUT2D eigenvalue weighted by Gasteiger charge is 2.55. The first kappa shape index (κ1) is 21.0. The van der Waals surface area contributed by atoms with Crippen LogP contribution in [0.3, 0.4) is 0 Å². The Kier molecular flexibility index (Phi) is 6.88. The quantitative estimate of drug-likeness (QED) is 0.502. The van der Waals surface area contributed by atoms with Crippen LogP contribution >= 0.6 is 0 Å². The molecule has 3 fully saturated rings. The van der Waals surface area contributed by atoms with Gasteiger partial charge in [0.15, 0.2) is 0 Å². The van der Waals surface area contributed by atoms with Crippen LogP contribution < -0.4 is 4.74 Å². The fourth-order valence-electron chi connectivity index (χ4n) is 5.45. The van der Waals surface area contributed by atoms with Gasteiger partial charge >= 0.3 is 0 Å². The van der Waals surface area contributed by atoms with Gasteiger partial charge in [0.25, 0.3) is 0 Å². The fourth-order valence-corrected chi connectivity index (χ4v) is 5.45. The molecule has 0 N–H and O–H groups in total. The first-order chi connectivity index (χ1) is 15.3. The van der Waals surface area contributed by atoms with E-state index in [0.29, 0.717) is 0 Å². The molecular weight excluding hydrogens is 384 g/mol. The maximum absolute atomic E-state index is 6.04. The van der Waals surface area contributed by atoms with Crippen molar-refractivity contribution in [2.75, 3.05) is 45.9 Å². The van der Waals surface area contributed by atoms with Crippen molar-refractivity contribution in [1.29, 1.82) is 0 Å². The van der Waals surface area contributed by atoms with Crippen molar-refractivity contribution in [2.24, 2.45) is 17.8 Å². The van der Waals surface area contributed by atoms with E-state index in [1.807, 2.05) is 30.3 Å². The summed E-state index contributed by atoms with van der Waals surface area (Å²) in [5.41, 5.74) is 1.37. The van der Waals surface area contributed by atoms with E-state index in [1.165, 1.54) is 64.0 Å². The molecule has 0 aromatic heterocycles. The Morgan fingerprint density at radius 2 is 1.48 bits per heavy atom. The lowest BCUT2D eigenvalue weighted by molar-refractivity contribution is 0.0967. The zero-order valence-electron chi connectivity index (χ0n) is 18.6. The molecule has 166 valence electrons. The first-order valence-electron chi connectivity index (χ1n) is 12.2. The van der Waals surface area contributed by atoms with Crippen molar-refractivity contribution in [3.8, 4) is 11.5 Å². The van der Waals surface area contributed by atoms with E-state index in [2.05, 4.69) is 34.1 Å². The van der Waals surface area contributed by atoms with E-state index < -0.39 is 0 Å². The Bertz CT molecular complexity index is 792. The summed E-state index contributed by atoms with van der Waals surface area (Å²) < 4.78 is 11.9. The van der Waals surface area contributed by atoms with E-state index in [0.717, 1.165) is 49.0 Å². The topological polar surface area (TPSA) is 24.9 Å². The molecule has 5 rings (SSSR count). The molecular formula is C27H36N2O2. The van der Waals surface area contributed by atoms with Gasteiger partial charge in [0.05, 0.1) is 6.61 Å². The predicted octanol–water partition coefficient (Wildman–Crippen LogP) is 5.05. The van der Waals surface area contributed by atoms with E-state index in [9.17, 15) is 0 Å². The second kappa shape index (κ2) is 10.2. The predicted molar refractivity (Wildman–Crippen MR) is 124 cm³/mol. The summed E-state index contributed by atoms with van der Waals surface area (Å²) in [4.78, 5) is 5.21. The first-order valence-corrected chi connectivity index (χ1v) is 12.2. The highest BCUT2D eigenvalue weighted by Crippen LogP contribution is 2.52. The van der Waals surface area contributed by atoms with Gasteiger partial charge in [0.2, 0.25) is 0 Å². The van der Waals surface area contributed by atoms with Crippen LogP contribution in [0.4, 0.5) is 0 Å². The summed E-state index contributed by atoms with van der Waals surface area (Å²) in [6.07, 6.45) is 5.38. The van der Waals surface area contributed by atoms with E-state index >= 15 is 0 Å². The summed E-state index contributed by atoms with van der Waals surface area (Å²) in [5, 5.41) is 0. The van der Waals surface area contributed by atoms with Gasteiger partial charge in [-0.15, -0.1) is 0 Å². The number of hydrogen-bond donors (Lipinski definition) is 0. The molecule has 2 atom stereocenters. The van der Waals surface area contributed by atoms with Crippen molar-refractivity contribution in [1.82, 2.24) is 9.80 Å². The minimum absolute atomic E-state index is 0.813. The minimum Gasteiger partial charge on any atom is -0.457 e. The highest BCUT2D eigenvalue weighted by atomic mass is 16.5. The molecule has 2 aliphatic heterocycles. The van der Waals surface area contributed by atoms with Crippen molar-refractivity contribution < 1.29 is 9.47 Å². The number of para-hydroxylation sites is 1. The van der Waals surface area contributed by atoms with Crippen molar-refractivity contribution in [3.63, 3.8) is 0 Å². The molecule has 2 heterocycles. The van der Waals surface area contributed by atoms with E-state index in [4.69, 9.17) is 9.47 Å². The van der Waals surface area contributed by atoms with Crippen LogP contribution in [-0.2, 0) is 11.3 Å². The standard InChI is InChI=1S/C27H36N2O2/c1-3-8-23(9-4-1)31-24-12-10-22(11-13-24)18-29-19-25-26(20-29)27(25)21-30-17-7-16-28-14-5-2-6-15-28/h1,3-4,8-13,25-27H,2,5-7,14-21H2. The number of hydrogen-bond acceptors (Lipinski definition) is 4.